The van der Waals surface area contributed by atoms with E-state index in [1.165, 1.54) is 85.9 Å². The number of rotatable bonds is 1. The Labute approximate surface area is 360 Å². The quantitative estimate of drug-likeness (QED) is 0.251. The van der Waals surface area contributed by atoms with Crippen LogP contribution in [0.1, 0.15) is 131 Å². The van der Waals surface area contributed by atoms with Crippen molar-refractivity contribution in [1.82, 2.24) is 0 Å². The number of allylic oxidation sites excluding steroid dienone is 10. The van der Waals surface area contributed by atoms with Crippen LogP contribution < -0.4 is 0 Å². The SMILES string of the molecule is CC1[C-]=CC(C2(C)CCCCC2)=C1.C[C-]1C2=C3Cc4ccccc4C3=C3C=CCCC3C2(C)C(C)(C)C(C)(C)C1(C)C.Cc1cc[c-]cc1.Cl.Cl.[CH2]=[Zr].[CH3-]. The first kappa shape index (κ1) is 48.5. The molecule has 0 heterocycles. The second-order valence-electron chi connectivity index (χ2n) is 18.2. The van der Waals surface area contributed by atoms with Crippen molar-refractivity contribution in [2.24, 2.45) is 38.9 Å². The van der Waals surface area contributed by atoms with Gasteiger partial charge in [0.2, 0.25) is 0 Å². The van der Waals surface area contributed by atoms with E-state index in [4.69, 9.17) is 0 Å². The van der Waals surface area contributed by atoms with E-state index in [1.807, 2.05) is 24.3 Å². The van der Waals surface area contributed by atoms with Crippen molar-refractivity contribution in [3.63, 3.8) is 0 Å². The van der Waals surface area contributed by atoms with Gasteiger partial charge in [0, 0.05) is 0 Å². The first-order valence-corrected chi connectivity index (χ1v) is 21.5. The molecule has 3 unspecified atom stereocenters. The van der Waals surface area contributed by atoms with E-state index in [9.17, 15) is 0 Å². The van der Waals surface area contributed by atoms with Gasteiger partial charge in [-0.1, -0.05) is 178 Å². The summed E-state index contributed by atoms with van der Waals surface area (Å²) in [7, 11) is 0. The molecule has 54 heavy (non-hydrogen) atoms. The van der Waals surface area contributed by atoms with Gasteiger partial charge < -0.3 is 7.43 Å². The van der Waals surface area contributed by atoms with Crippen LogP contribution in [0.15, 0.2) is 95.1 Å². The van der Waals surface area contributed by atoms with Crippen LogP contribution in [0.25, 0.3) is 5.57 Å². The molecule has 3 heteroatoms. The average molecular weight is 845 g/mol. The van der Waals surface area contributed by atoms with Crippen molar-refractivity contribution < 1.29 is 24.2 Å². The summed E-state index contributed by atoms with van der Waals surface area (Å²) >= 11 is 1.30. The van der Waals surface area contributed by atoms with Crippen molar-refractivity contribution in [2.45, 2.75) is 128 Å². The summed E-state index contributed by atoms with van der Waals surface area (Å²) in [6.07, 6.45) is 23.5. The fourth-order valence-corrected chi connectivity index (χ4v) is 10.6. The smallest absolute Gasteiger partial charge is 0.358 e. The molecule has 2 saturated carbocycles. The normalized spacial score (nSPS) is 26.7. The second kappa shape index (κ2) is 18.7. The fraction of sp³-hybridized carbons (Fsp3) is 0.510. The van der Waals surface area contributed by atoms with Crippen LogP contribution >= 0.6 is 24.8 Å². The van der Waals surface area contributed by atoms with Gasteiger partial charge in [-0.25, -0.2) is 12.0 Å². The van der Waals surface area contributed by atoms with Crippen LogP contribution in [0.3, 0.4) is 0 Å². The van der Waals surface area contributed by atoms with Gasteiger partial charge in [0.15, 0.2) is 0 Å². The van der Waals surface area contributed by atoms with Crippen molar-refractivity contribution in [3.05, 3.63) is 137 Å². The van der Waals surface area contributed by atoms with Crippen molar-refractivity contribution in [1.29, 1.82) is 0 Å². The van der Waals surface area contributed by atoms with E-state index in [0.717, 1.165) is 6.42 Å². The molecule has 2 fully saturated rings. The number of hydrogen-bond acceptors (Lipinski definition) is 0. The maximum Gasteiger partial charge on any atom is -0.358 e. The Morgan fingerprint density at radius 1 is 0.852 bits per heavy atom. The first-order chi connectivity index (χ1) is 24.1. The molecule has 296 valence electrons. The molecule has 0 N–H and O–H groups in total. The molecule has 0 radical (unpaired) electrons. The van der Waals surface area contributed by atoms with Gasteiger partial charge in [-0.15, -0.1) is 31.7 Å². The second-order valence-corrected chi connectivity index (χ2v) is 18.2. The first-order valence-electron chi connectivity index (χ1n) is 19.7. The molecule has 6 aliphatic rings. The van der Waals surface area contributed by atoms with Gasteiger partial charge in [0.1, 0.15) is 0 Å². The van der Waals surface area contributed by atoms with Gasteiger partial charge in [-0.3, -0.25) is 6.08 Å². The van der Waals surface area contributed by atoms with Crippen LogP contribution in [0.5, 0.6) is 0 Å². The molecular weight excluding hydrogens is 775 g/mol. The largest absolute Gasteiger partial charge is 0.358 e. The number of halogens is 2. The number of fused-ring (bicyclic) bond motifs is 6. The van der Waals surface area contributed by atoms with E-state index in [0.29, 0.717) is 17.3 Å². The topological polar surface area (TPSA) is 0 Å². The van der Waals surface area contributed by atoms with E-state index >= 15 is 0 Å². The maximum absolute atomic E-state index is 3.37. The molecule has 0 bridgehead atoms. The zero-order chi connectivity index (χ0) is 37.4. The Balaban J connectivity index is 0.000000335. The number of benzene rings is 2. The van der Waals surface area contributed by atoms with E-state index in [1.54, 1.807) is 33.8 Å². The molecule has 8 rings (SSSR count). The van der Waals surface area contributed by atoms with Gasteiger partial charge in [-0.2, -0.15) is 58.7 Å². The molecule has 2 aromatic rings. The summed E-state index contributed by atoms with van der Waals surface area (Å²) in [5, 5.41) is 0. The summed E-state index contributed by atoms with van der Waals surface area (Å²) < 4.78 is 3.34. The maximum atomic E-state index is 3.37. The minimum Gasteiger partial charge on any atom is -0.358 e. The van der Waals surface area contributed by atoms with Crippen LogP contribution in [0.2, 0.25) is 0 Å². The average Bonchev–Trinajstić information content (AvgIpc) is 3.74. The van der Waals surface area contributed by atoms with Gasteiger partial charge in [-0.05, 0) is 40.6 Å². The van der Waals surface area contributed by atoms with Crippen molar-refractivity contribution >= 4 is 34.6 Å². The third-order valence-electron chi connectivity index (χ3n) is 15.3. The van der Waals surface area contributed by atoms with Crippen LogP contribution in [-0.4, -0.2) is 4.21 Å². The Morgan fingerprint density at radius 3 is 2.02 bits per heavy atom. The van der Waals surface area contributed by atoms with Crippen LogP contribution in [0, 0.1) is 71.3 Å². The molecule has 0 saturated heterocycles. The summed E-state index contributed by atoms with van der Waals surface area (Å²) in [4.78, 5) is 0. The Hall–Kier alpha value is -1.66. The summed E-state index contributed by atoms with van der Waals surface area (Å²) in [6, 6.07) is 20.0. The van der Waals surface area contributed by atoms with E-state index < -0.39 is 0 Å². The molecule has 0 aliphatic heterocycles. The number of aryl methyl sites for hydroxylation is 1. The van der Waals surface area contributed by atoms with E-state index in [2.05, 4.69) is 141 Å². The standard InChI is InChI=1S/C29H37.C13H19.C7H7.CH3.CH2.2ClH.Zr/c1-18-25-22-17-19-13-9-10-14-20(19)24(22)21-15-11-12-16-23(21)29(25,8)28(6,7)27(4,5)26(18,2)3;1-11-6-7-12(10-11)13(2)8-4-3-5-9-13;1-7-5-3-2-4-6-7;;;;;/h9-11,13-15,23H,12,16-17H2,1-8H3;7,10-11H,3-5,8-9H2,1-2H3;3-6H,1H3;1H3;1H2;2*1H;/q4*-1;;;;. The van der Waals surface area contributed by atoms with Gasteiger partial charge in [0.25, 0.3) is 0 Å². The van der Waals surface area contributed by atoms with Gasteiger partial charge >= 0.3 is 28.4 Å². The third-order valence-corrected chi connectivity index (χ3v) is 15.3. The Kier molecular flexibility index (Phi) is 16.8. The number of hydrogen-bond donors (Lipinski definition) is 0. The Bertz CT molecular complexity index is 1730. The zero-order valence-electron chi connectivity index (χ0n) is 35.8. The summed E-state index contributed by atoms with van der Waals surface area (Å²) in [5.74, 6) is 2.79. The third kappa shape index (κ3) is 8.19. The minimum atomic E-state index is 0. The molecule has 0 spiro atoms. The van der Waals surface area contributed by atoms with Crippen LogP contribution in [-0.2, 0) is 30.7 Å². The zero-order valence-corrected chi connectivity index (χ0v) is 39.9. The Morgan fingerprint density at radius 2 is 1.46 bits per heavy atom. The molecule has 3 atom stereocenters. The predicted octanol–water partition coefficient (Wildman–Crippen LogP) is 14.9. The predicted molar refractivity (Wildman–Crippen MR) is 239 cm³/mol. The van der Waals surface area contributed by atoms with Crippen LogP contribution in [0.4, 0.5) is 0 Å². The molecule has 2 aromatic carbocycles. The molecular formula is C51H70Cl2Zr-4. The van der Waals surface area contributed by atoms with Crippen molar-refractivity contribution in [2.75, 3.05) is 0 Å². The van der Waals surface area contributed by atoms with Gasteiger partial charge in [0.05, 0.1) is 0 Å². The van der Waals surface area contributed by atoms with E-state index in [-0.39, 0.29) is 53.9 Å². The fourth-order valence-electron chi connectivity index (χ4n) is 10.6. The molecule has 0 amide bonds. The minimum absolute atomic E-state index is 0. The molecule has 6 aliphatic carbocycles. The van der Waals surface area contributed by atoms with Crippen molar-refractivity contribution in [3.8, 4) is 0 Å². The monoisotopic (exact) mass is 842 g/mol. The summed E-state index contributed by atoms with van der Waals surface area (Å²) in [6.45, 7) is 27.0. The molecule has 0 nitrogen and oxygen atoms in total. The summed E-state index contributed by atoms with van der Waals surface area (Å²) in [5.41, 5.74) is 13.6. The molecule has 0 aromatic heterocycles.